The minimum Gasteiger partial charge on any atom is -0.480 e. The molecule has 2 N–H and O–H groups in total. The summed E-state index contributed by atoms with van der Waals surface area (Å²) >= 11 is 6.49. The van der Waals surface area contributed by atoms with Crippen LogP contribution in [-0.2, 0) is 18.3 Å². The van der Waals surface area contributed by atoms with E-state index in [0.717, 1.165) is 54.7 Å². The van der Waals surface area contributed by atoms with Gasteiger partial charge in [-0.1, -0.05) is 11.6 Å². The standard InChI is InChI=1S/C25H36ClN5O4/c1-7-31(18-8-10-19(11-9-18)35-25(33)27-4)22-13-17(26)12-20(15(22)2)23(32)28-14-21-16(3)30(5)29-24(21)34-6/h12-13,18-19H,7-11,14H2,1-6H3,(H,27,33)(H,28,32). The second-order valence-corrected chi connectivity index (χ2v) is 9.29. The van der Waals surface area contributed by atoms with Crippen molar-refractivity contribution in [2.24, 2.45) is 7.05 Å². The van der Waals surface area contributed by atoms with Crippen LogP contribution in [0.15, 0.2) is 12.1 Å². The molecule has 0 unspecified atom stereocenters. The van der Waals surface area contributed by atoms with Crippen LogP contribution >= 0.6 is 11.6 Å². The quantitative estimate of drug-likeness (QED) is 0.560. The molecule has 0 atom stereocenters. The monoisotopic (exact) mass is 505 g/mol. The third-order valence-corrected chi connectivity index (χ3v) is 7.06. The van der Waals surface area contributed by atoms with Crippen molar-refractivity contribution in [3.05, 3.63) is 39.5 Å². The molecule has 0 bridgehead atoms. The van der Waals surface area contributed by atoms with Crippen molar-refractivity contribution >= 4 is 29.3 Å². The molecule has 1 heterocycles. The van der Waals surface area contributed by atoms with Gasteiger partial charge < -0.3 is 25.0 Å². The number of alkyl carbamates (subject to hydrolysis) is 1. The fourth-order valence-corrected chi connectivity index (χ4v) is 4.97. The highest BCUT2D eigenvalue weighted by molar-refractivity contribution is 6.31. The molecule has 192 valence electrons. The Bertz CT molecular complexity index is 1060. The summed E-state index contributed by atoms with van der Waals surface area (Å²) < 4.78 is 12.5. The van der Waals surface area contributed by atoms with Gasteiger partial charge in [0, 0.05) is 48.6 Å². The van der Waals surface area contributed by atoms with E-state index in [1.807, 2.05) is 27.0 Å². The SMILES string of the molecule is CCN(c1cc(Cl)cc(C(=O)NCc2c(OC)nn(C)c2C)c1C)C1CCC(OC(=O)NC)CC1. The Balaban J connectivity index is 1.76. The summed E-state index contributed by atoms with van der Waals surface area (Å²) in [6, 6.07) is 3.92. The average Bonchev–Trinajstić information content (AvgIpc) is 3.13. The van der Waals surface area contributed by atoms with E-state index in [1.165, 1.54) is 0 Å². The lowest BCUT2D eigenvalue weighted by Gasteiger charge is -2.38. The molecule has 9 nitrogen and oxygen atoms in total. The van der Waals surface area contributed by atoms with E-state index in [9.17, 15) is 9.59 Å². The number of halogens is 1. The molecule has 3 rings (SSSR count). The van der Waals surface area contributed by atoms with Crippen LogP contribution in [0.4, 0.5) is 10.5 Å². The van der Waals surface area contributed by atoms with E-state index in [-0.39, 0.29) is 24.1 Å². The predicted molar refractivity (Wildman–Crippen MR) is 136 cm³/mol. The van der Waals surface area contributed by atoms with Crippen LogP contribution in [0.3, 0.4) is 0 Å². The second-order valence-electron chi connectivity index (χ2n) is 8.85. The number of nitrogens with one attached hydrogen (secondary N) is 2. The van der Waals surface area contributed by atoms with Gasteiger partial charge in [0.15, 0.2) is 0 Å². The highest BCUT2D eigenvalue weighted by Gasteiger charge is 2.29. The summed E-state index contributed by atoms with van der Waals surface area (Å²) in [4.78, 5) is 27.1. The van der Waals surface area contributed by atoms with Gasteiger partial charge in [-0.15, -0.1) is 5.10 Å². The summed E-state index contributed by atoms with van der Waals surface area (Å²) in [7, 11) is 4.98. The number of hydrogen-bond acceptors (Lipinski definition) is 6. The zero-order chi connectivity index (χ0) is 25.7. The lowest BCUT2D eigenvalue weighted by atomic mass is 9.90. The molecule has 1 aliphatic rings. The summed E-state index contributed by atoms with van der Waals surface area (Å²) in [6.45, 7) is 7.08. The average molecular weight is 506 g/mol. The van der Waals surface area contributed by atoms with Crippen molar-refractivity contribution in [1.29, 1.82) is 0 Å². The Labute approximate surface area is 212 Å². The molecular formula is C25H36ClN5O4. The van der Waals surface area contributed by atoms with Gasteiger partial charge in [-0.2, -0.15) is 0 Å². The van der Waals surface area contributed by atoms with E-state index >= 15 is 0 Å². The first-order valence-electron chi connectivity index (χ1n) is 12.0. The number of aromatic nitrogens is 2. The number of amides is 2. The maximum Gasteiger partial charge on any atom is 0.407 e. The summed E-state index contributed by atoms with van der Waals surface area (Å²) in [5.41, 5.74) is 4.15. The zero-order valence-corrected chi connectivity index (χ0v) is 22.2. The Morgan fingerprint density at radius 1 is 1.23 bits per heavy atom. The number of anilines is 1. The van der Waals surface area contributed by atoms with Crippen LogP contribution in [0.1, 0.15) is 59.8 Å². The molecule has 35 heavy (non-hydrogen) atoms. The number of rotatable bonds is 8. The summed E-state index contributed by atoms with van der Waals surface area (Å²) in [5.74, 6) is 0.303. The van der Waals surface area contributed by atoms with E-state index < -0.39 is 0 Å². The van der Waals surface area contributed by atoms with Gasteiger partial charge in [-0.3, -0.25) is 9.48 Å². The number of hydrogen-bond donors (Lipinski definition) is 2. The number of benzene rings is 1. The topological polar surface area (TPSA) is 97.7 Å². The van der Waals surface area contributed by atoms with E-state index in [2.05, 4.69) is 27.6 Å². The van der Waals surface area contributed by atoms with E-state index in [4.69, 9.17) is 21.1 Å². The van der Waals surface area contributed by atoms with Crippen molar-refractivity contribution in [3.63, 3.8) is 0 Å². The fraction of sp³-hybridized carbons (Fsp3) is 0.560. The van der Waals surface area contributed by atoms with Crippen LogP contribution in [0, 0.1) is 13.8 Å². The number of aryl methyl sites for hydroxylation is 1. The molecule has 1 fully saturated rings. The Hall–Kier alpha value is -2.94. The van der Waals surface area contributed by atoms with Crippen LogP contribution in [0.2, 0.25) is 5.02 Å². The van der Waals surface area contributed by atoms with Crippen molar-refractivity contribution < 1.29 is 19.1 Å². The molecular weight excluding hydrogens is 470 g/mol. The molecule has 2 aromatic rings. The Morgan fingerprint density at radius 2 is 1.91 bits per heavy atom. The molecule has 10 heteroatoms. The molecule has 1 aromatic heterocycles. The van der Waals surface area contributed by atoms with Crippen LogP contribution < -0.4 is 20.3 Å². The first kappa shape index (κ1) is 26.7. The molecule has 0 saturated heterocycles. The normalized spacial score (nSPS) is 17.6. The van der Waals surface area contributed by atoms with Crippen LogP contribution in [0.5, 0.6) is 5.88 Å². The smallest absolute Gasteiger partial charge is 0.407 e. The molecule has 1 saturated carbocycles. The highest BCUT2D eigenvalue weighted by atomic mass is 35.5. The first-order valence-corrected chi connectivity index (χ1v) is 12.4. The Morgan fingerprint density at radius 3 is 2.51 bits per heavy atom. The third-order valence-electron chi connectivity index (χ3n) is 6.84. The number of ether oxygens (including phenoxy) is 2. The van der Waals surface area contributed by atoms with Crippen molar-refractivity contribution in [2.45, 2.75) is 65.1 Å². The van der Waals surface area contributed by atoms with Crippen molar-refractivity contribution in [2.75, 3.05) is 25.6 Å². The second kappa shape index (κ2) is 11.7. The summed E-state index contributed by atoms with van der Waals surface area (Å²) in [6.07, 6.45) is 2.93. The third kappa shape index (κ3) is 6.01. The molecule has 0 spiro atoms. The van der Waals surface area contributed by atoms with Crippen LogP contribution in [-0.4, -0.2) is 54.6 Å². The van der Waals surface area contributed by atoms with Crippen LogP contribution in [0.25, 0.3) is 0 Å². The largest absolute Gasteiger partial charge is 0.480 e. The first-order chi connectivity index (χ1) is 16.7. The summed E-state index contributed by atoms with van der Waals surface area (Å²) in [5, 5.41) is 10.3. The maximum atomic E-state index is 13.2. The predicted octanol–water partition coefficient (Wildman–Crippen LogP) is 4.12. The van der Waals surface area contributed by atoms with E-state index in [0.29, 0.717) is 23.0 Å². The highest BCUT2D eigenvalue weighted by Crippen LogP contribution is 2.34. The van der Waals surface area contributed by atoms with Crippen molar-refractivity contribution in [3.8, 4) is 5.88 Å². The lowest BCUT2D eigenvalue weighted by molar-refractivity contribution is 0.0727. The molecule has 1 aromatic carbocycles. The van der Waals surface area contributed by atoms with Gasteiger partial charge in [0.1, 0.15) is 6.10 Å². The molecule has 0 aliphatic heterocycles. The molecule has 0 radical (unpaired) electrons. The zero-order valence-electron chi connectivity index (χ0n) is 21.4. The number of carbonyl (C=O) groups is 2. The van der Waals surface area contributed by atoms with Gasteiger partial charge in [0.25, 0.3) is 5.91 Å². The number of methoxy groups -OCH3 is 1. The molecule has 1 aliphatic carbocycles. The van der Waals surface area contributed by atoms with Crippen molar-refractivity contribution in [1.82, 2.24) is 20.4 Å². The minimum atomic E-state index is -0.388. The van der Waals surface area contributed by atoms with Gasteiger partial charge in [0.05, 0.1) is 19.2 Å². The maximum absolute atomic E-state index is 13.2. The van der Waals surface area contributed by atoms with Gasteiger partial charge in [0.2, 0.25) is 5.88 Å². The van der Waals surface area contributed by atoms with Gasteiger partial charge in [-0.25, -0.2) is 4.79 Å². The van der Waals surface area contributed by atoms with Gasteiger partial charge >= 0.3 is 6.09 Å². The molecule has 2 amide bonds. The fourth-order valence-electron chi connectivity index (χ4n) is 4.76. The minimum absolute atomic E-state index is 0.0698. The number of carbonyl (C=O) groups excluding carboxylic acids is 2. The van der Waals surface area contributed by atoms with Gasteiger partial charge in [-0.05, 0) is 64.2 Å². The van der Waals surface area contributed by atoms with E-state index in [1.54, 1.807) is 24.9 Å². The lowest BCUT2D eigenvalue weighted by Crippen LogP contribution is -2.41. The number of nitrogens with zero attached hydrogens (tertiary/aromatic N) is 3. The Kier molecular flexibility index (Phi) is 8.88.